The van der Waals surface area contributed by atoms with Gasteiger partial charge in [-0.2, -0.15) is 5.10 Å². The van der Waals surface area contributed by atoms with Crippen LogP contribution < -0.4 is 10.6 Å². The fourth-order valence-electron chi connectivity index (χ4n) is 2.98. The summed E-state index contributed by atoms with van der Waals surface area (Å²) in [5.41, 5.74) is 1.18. The van der Waals surface area contributed by atoms with Crippen molar-refractivity contribution in [2.24, 2.45) is 0 Å². The number of hydrogen-bond donors (Lipinski definition) is 2. The third-order valence-electron chi connectivity index (χ3n) is 6.01. The molecule has 3 aromatic rings. The summed E-state index contributed by atoms with van der Waals surface area (Å²) in [4.78, 5) is 25.8. The van der Waals surface area contributed by atoms with Crippen molar-refractivity contribution < 1.29 is 14.0 Å². The summed E-state index contributed by atoms with van der Waals surface area (Å²) in [6.45, 7) is 11.6. The molecular weight excluding hydrogens is 548 g/mol. The summed E-state index contributed by atoms with van der Waals surface area (Å²) < 4.78 is 8.37. The third-order valence-corrected chi connectivity index (χ3v) is 11.4. The van der Waals surface area contributed by atoms with Crippen molar-refractivity contribution in [2.75, 3.05) is 18.5 Å². The van der Waals surface area contributed by atoms with Crippen LogP contribution in [0.4, 0.5) is 5.82 Å². The second kappa shape index (κ2) is 11.1. The monoisotopic (exact) mass is 576 g/mol. The fourth-order valence-corrected chi connectivity index (χ4v) is 4.59. The van der Waals surface area contributed by atoms with Crippen LogP contribution in [0.25, 0.3) is 5.69 Å². The lowest BCUT2D eigenvalue weighted by Crippen LogP contribution is -2.42. The number of nitrogens with zero attached hydrogens (tertiary/aromatic N) is 2. The minimum absolute atomic E-state index is 0.0931. The first kappa shape index (κ1) is 27.1. The summed E-state index contributed by atoms with van der Waals surface area (Å²) in [6.07, 6.45) is 0. The zero-order chi connectivity index (χ0) is 25.8. The molecule has 0 aliphatic rings. The quantitative estimate of drug-likeness (QED) is 0.243. The number of rotatable bonds is 8. The molecule has 10 heteroatoms. The SMILES string of the molecule is CC(C)(C)[Si](C)(C)OCCNC(=O)c1cc(NC(=O)c2cc(Br)ccc2Cl)n(-c2ccccc2)n1. The molecule has 2 amide bonds. The summed E-state index contributed by atoms with van der Waals surface area (Å²) in [5.74, 6) is -0.419. The van der Waals surface area contributed by atoms with Gasteiger partial charge < -0.3 is 15.1 Å². The summed E-state index contributed by atoms with van der Waals surface area (Å²) >= 11 is 9.58. The number of para-hydroxylation sites is 1. The van der Waals surface area contributed by atoms with Crippen molar-refractivity contribution >= 4 is 53.5 Å². The van der Waals surface area contributed by atoms with Crippen LogP contribution in [0.3, 0.4) is 0 Å². The molecule has 7 nitrogen and oxygen atoms in total. The molecule has 2 N–H and O–H groups in total. The van der Waals surface area contributed by atoms with Gasteiger partial charge in [0.1, 0.15) is 5.82 Å². The Hall–Kier alpha value is -2.46. The number of halogens is 2. The topological polar surface area (TPSA) is 85.3 Å². The highest BCUT2D eigenvalue weighted by Crippen LogP contribution is 2.36. The average Bonchev–Trinajstić information content (AvgIpc) is 3.21. The normalized spacial score (nSPS) is 11.9. The van der Waals surface area contributed by atoms with Crippen molar-refractivity contribution in [2.45, 2.75) is 38.9 Å². The Morgan fingerprint density at radius 3 is 2.43 bits per heavy atom. The van der Waals surface area contributed by atoms with E-state index in [1.165, 1.54) is 4.68 Å². The molecule has 3 rings (SSSR count). The highest BCUT2D eigenvalue weighted by atomic mass is 79.9. The molecule has 0 aliphatic carbocycles. The first-order chi connectivity index (χ1) is 16.4. The third kappa shape index (κ3) is 6.82. The van der Waals surface area contributed by atoms with E-state index in [0.717, 1.165) is 4.47 Å². The maximum absolute atomic E-state index is 13.0. The van der Waals surface area contributed by atoms with E-state index in [1.54, 1.807) is 24.3 Å². The maximum atomic E-state index is 13.0. The van der Waals surface area contributed by atoms with Gasteiger partial charge in [-0.3, -0.25) is 9.59 Å². The smallest absolute Gasteiger partial charge is 0.271 e. The van der Waals surface area contributed by atoms with Crippen molar-refractivity contribution in [3.8, 4) is 5.69 Å². The van der Waals surface area contributed by atoms with Gasteiger partial charge in [0.05, 0.1) is 22.9 Å². The van der Waals surface area contributed by atoms with Gasteiger partial charge in [0.2, 0.25) is 0 Å². The van der Waals surface area contributed by atoms with Crippen LogP contribution >= 0.6 is 27.5 Å². The largest absolute Gasteiger partial charge is 0.415 e. The van der Waals surface area contributed by atoms with E-state index in [9.17, 15) is 9.59 Å². The first-order valence-electron chi connectivity index (χ1n) is 11.2. The lowest BCUT2D eigenvalue weighted by atomic mass is 10.2. The Morgan fingerprint density at radius 1 is 1.09 bits per heavy atom. The molecule has 35 heavy (non-hydrogen) atoms. The molecule has 1 aromatic heterocycles. The Balaban J connectivity index is 1.78. The lowest BCUT2D eigenvalue weighted by molar-refractivity contribution is 0.0939. The number of anilines is 1. The fraction of sp³-hybridized carbons (Fsp3) is 0.320. The van der Waals surface area contributed by atoms with E-state index >= 15 is 0 Å². The molecule has 0 unspecified atom stereocenters. The maximum Gasteiger partial charge on any atom is 0.271 e. The molecule has 0 spiro atoms. The number of nitrogens with one attached hydrogen (secondary N) is 2. The number of benzene rings is 2. The summed E-state index contributed by atoms with van der Waals surface area (Å²) in [7, 11) is -1.90. The van der Waals surface area contributed by atoms with Gasteiger partial charge >= 0.3 is 0 Å². The van der Waals surface area contributed by atoms with Crippen LogP contribution in [0, 0.1) is 0 Å². The Kier molecular flexibility index (Phi) is 8.58. The zero-order valence-corrected chi connectivity index (χ0v) is 23.8. The van der Waals surface area contributed by atoms with E-state index in [1.807, 2.05) is 30.3 Å². The highest BCUT2D eigenvalue weighted by molar-refractivity contribution is 9.10. The van der Waals surface area contributed by atoms with Gasteiger partial charge in [-0.05, 0) is 48.5 Å². The predicted octanol–water partition coefficient (Wildman–Crippen LogP) is 6.29. The Labute approximate surface area is 220 Å². The van der Waals surface area contributed by atoms with E-state index < -0.39 is 14.2 Å². The number of aromatic nitrogens is 2. The number of amides is 2. The van der Waals surface area contributed by atoms with Gasteiger partial charge in [-0.15, -0.1) is 0 Å². The molecule has 1 heterocycles. The Bertz CT molecular complexity index is 1210. The number of carbonyl (C=O) groups is 2. The van der Waals surface area contributed by atoms with Crippen molar-refractivity contribution in [3.63, 3.8) is 0 Å². The molecule has 186 valence electrons. The van der Waals surface area contributed by atoms with Gasteiger partial charge in [0.25, 0.3) is 11.8 Å². The number of carbonyl (C=O) groups excluding carboxylic acids is 2. The molecule has 2 aromatic carbocycles. The van der Waals surface area contributed by atoms with Gasteiger partial charge in [-0.1, -0.05) is 66.5 Å². The van der Waals surface area contributed by atoms with Crippen molar-refractivity contribution in [1.29, 1.82) is 0 Å². The van der Waals surface area contributed by atoms with Crippen LogP contribution in [0.1, 0.15) is 41.6 Å². The molecular formula is C25H30BrClN4O3Si. The van der Waals surface area contributed by atoms with E-state index in [0.29, 0.717) is 35.2 Å². The summed E-state index contributed by atoms with van der Waals surface area (Å²) in [6, 6.07) is 15.8. The molecule has 0 saturated heterocycles. The second-order valence-electron chi connectivity index (χ2n) is 9.61. The highest BCUT2D eigenvalue weighted by Gasteiger charge is 2.36. The van der Waals surface area contributed by atoms with Gasteiger partial charge in [0, 0.05) is 17.1 Å². The zero-order valence-electron chi connectivity index (χ0n) is 20.5. The van der Waals surface area contributed by atoms with Crippen LogP contribution in [0.2, 0.25) is 23.2 Å². The average molecular weight is 578 g/mol. The van der Waals surface area contributed by atoms with Gasteiger partial charge in [-0.25, -0.2) is 4.68 Å². The molecule has 0 fully saturated rings. The molecule has 0 radical (unpaired) electrons. The number of hydrogen-bond acceptors (Lipinski definition) is 4. The Morgan fingerprint density at radius 2 is 1.77 bits per heavy atom. The van der Waals surface area contributed by atoms with Crippen molar-refractivity contribution in [1.82, 2.24) is 15.1 Å². The summed E-state index contributed by atoms with van der Waals surface area (Å²) in [5, 5.41) is 10.5. The standard InChI is InChI=1S/C25H30BrClN4O3Si/c1-25(2,3)35(4,5)34-14-13-28-24(33)21-16-22(31(30-21)18-9-7-6-8-10-18)29-23(32)19-15-17(26)11-12-20(19)27/h6-12,15-16H,13-14H2,1-5H3,(H,28,33)(H,29,32). The van der Waals surface area contributed by atoms with E-state index in [-0.39, 0.29) is 16.6 Å². The lowest BCUT2D eigenvalue weighted by Gasteiger charge is -2.36. The van der Waals surface area contributed by atoms with Crippen LogP contribution in [-0.2, 0) is 4.43 Å². The molecule has 0 bridgehead atoms. The van der Waals surface area contributed by atoms with E-state index in [4.69, 9.17) is 16.0 Å². The van der Waals surface area contributed by atoms with E-state index in [2.05, 4.69) is 65.5 Å². The predicted molar refractivity (Wildman–Crippen MR) is 146 cm³/mol. The van der Waals surface area contributed by atoms with Crippen LogP contribution in [0.5, 0.6) is 0 Å². The first-order valence-corrected chi connectivity index (χ1v) is 15.3. The minimum Gasteiger partial charge on any atom is -0.415 e. The molecule has 0 aliphatic heterocycles. The van der Waals surface area contributed by atoms with Crippen LogP contribution in [-0.4, -0.2) is 43.1 Å². The second-order valence-corrected chi connectivity index (χ2v) is 15.7. The molecule has 0 atom stereocenters. The minimum atomic E-state index is -1.90. The van der Waals surface area contributed by atoms with Crippen molar-refractivity contribution in [3.05, 3.63) is 75.4 Å². The van der Waals surface area contributed by atoms with Crippen LogP contribution in [0.15, 0.2) is 59.1 Å². The molecule has 0 saturated carbocycles. The van der Waals surface area contributed by atoms with Gasteiger partial charge in [0.15, 0.2) is 14.0 Å².